The maximum absolute atomic E-state index is 13.0. The average Bonchev–Trinajstić information content (AvgIpc) is 3.16. The molecule has 7 heteroatoms. The molecule has 0 spiro atoms. The van der Waals surface area contributed by atoms with Gasteiger partial charge in [-0.15, -0.1) is 24.5 Å². The van der Waals surface area contributed by atoms with Crippen LogP contribution in [0.4, 0.5) is 0 Å². The van der Waals surface area contributed by atoms with Crippen molar-refractivity contribution in [3.63, 3.8) is 0 Å². The number of hydrogen-bond acceptors (Lipinski definition) is 5. The van der Waals surface area contributed by atoms with Gasteiger partial charge in [-0.3, -0.25) is 14.2 Å². The molecule has 1 amide bonds. The molecule has 0 bridgehead atoms. The van der Waals surface area contributed by atoms with E-state index in [1.54, 1.807) is 28.1 Å². The van der Waals surface area contributed by atoms with Gasteiger partial charge in [-0.05, 0) is 31.7 Å². The number of nitrogens with zero attached hydrogens (tertiary/aromatic N) is 2. The summed E-state index contributed by atoms with van der Waals surface area (Å²) in [5, 5.41) is 3.75. The summed E-state index contributed by atoms with van der Waals surface area (Å²) in [4.78, 5) is 31.9. The average molecular weight is 376 g/mol. The number of aryl methyl sites for hydroxylation is 2. The predicted octanol–water partition coefficient (Wildman–Crippen LogP) is 2.92. The number of aromatic nitrogens is 2. The van der Waals surface area contributed by atoms with E-state index in [9.17, 15) is 9.59 Å². The zero-order valence-corrected chi connectivity index (χ0v) is 15.8. The molecular formula is C18H21N3O2S2. The molecule has 1 N–H and O–H groups in total. The lowest BCUT2D eigenvalue weighted by molar-refractivity contribution is -0.120. The molecule has 132 valence electrons. The first-order chi connectivity index (χ1) is 12.1. The van der Waals surface area contributed by atoms with Crippen molar-refractivity contribution in [1.29, 1.82) is 0 Å². The largest absolute Gasteiger partial charge is 0.352 e. The summed E-state index contributed by atoms with van der Waals surface area (Å²) < 4.78 is 1.63. The second-order valence-corrected chi connectivity index (χ2v) is 8.32. The van der Waals surface area contributed by atoms with Crippen LogP contribution in [0.3, 0.4) is 0 Å². The summed E-state index contributed by atoms with van der Waals surface area (Å²) in [6.45, 7) is 9.96. The van der Waals surface area contributed by atoms with Crippen LogP contribution >= 0.6 is 23.1 Å². The third-order valence-corrected chi connectivity index (χ3v) is 6.45. The molecule has 1 aliphatic rings. The normalized spacial score (nSPS) is 14.3. The number of thioether (sulfide) groups is 1. The minimum Gasteiger partial charge on any atom is -0.352 e. The lowest BCUT2D eigenvalue weighted by atomic mass is 10.2. The quantitative estimate of drug-likeness (QED) is 0.459. The summed E-state index contributed by atoms with van der Waals surface area (Å²) in [5.41, 5.74) is 1.15. The summed E-state index contributed by atoms with van der Waals surface area (Å²) in [7, 11) is 0. The van der Waals surface area contributed by atoms with Gasteiger partial charge >= 0.3 is 0 Å². The molecule has 3 rings (SSSR count). The molecule has 0 fully saturated rings. The number of carbonyl (C=O) groups excluding carboxylic acids is 1. The molecule has 0 saturated heterocycles. The molecule has 2 aromatic heterocycles. The first-order valence-electron chi connectivity index (χ1n) is 8.28. The summed E-state index contributed by atoms with van der Waals surface area (Å²) in [5.74, 6) is -0.0990. The topological polar surface area (TPSA) is 64.0 Å². The Balaban J connectivity index is 2.01. The number of rotatable bonds is 7. The molecule has 0 radical (unpaired) electrons. The van der Waals surface area contributed by atoms with Crippen LogP contribution in [-0.4, -0.2) is 27.3 Å². The van der Waals surface area contributed by atoms with Crippen LogP contribution in [-0.2, 0) is 24.2 Å². The highest BCUT2D eigenvalue weighted by atomic mass is 32.2. The Bertz CT molecular complexity index is 898. The highest BCUT2D eigenvalue weighted by Crippen LogP contribution is 2.36. The van der Waals surface area contributed by atoms with E-state index in [-0.39, 0.29) is 16.7 Å². The van der Waals surface area contributed by atoms with Crippen molar-refractivity contribution in [2.45, 2.75) is 43.1 Å². The van der Waals surface area contributed by atoms with Gasteiger partial charge in [-0.2, -0.15) is 0 Å². The van der Waals surface area contributed by atoms with Crippen molar-refractivity contribution in [1.82, 2.24) is 14.9 Å². The van der Waals surface area contributed by atoms with Crippen LogP contribution in [0.5, 0.6) is 0 Å². The smallest absolute Gasteiger partial charge is 0.263 e. The minimum atomic E-state index is -0.354. The van der Waals surface area contributed by atoms with Crippen LogP contribution in [0.25, 0.3) is 10.2 Å². The van der Waals surface area contributed by atoms with Gasteiger partial charge in [0.15, 0.2) is 5.16 Å². The molecule has 1 aliphatic carbocycles. The fourth-order valence-corrected chi connectivity index (χ4v) is 5.21. The number of carbonyl (C=O) groups is 1. The van der Waals surface area contributed by atoms with E-state index in [1.807, 2.05) is 6.92 Å². The fourth-order valence-electron chi connectivity index (χ4n) is 2.97. The van der Waals surface area contributed by atoms with Gasteiger partial charge < -0.3 is 5.32 Å². The fraction of sp³-hybridized carbons (Fsp3) is 0.389. The lowest BCUT2D eigenvalue weighted by Gasteiger charge is -2.14. The summed E-state index contributed by atoms with van der Waals surface area (Å²) in [6.07, 6.45) is 6.41. The molecule has 2 aromatic rings. The van der Waals surface area contributed by atoms with Crippen molar-refractivity contribution in [3.8, 4) is 0 Å². The summed E-state index contributed by atoms with van der Waals surface area (Å²) >= 11 is 2.92. The van der Waals surface area contributed by atoms with Gasteiger partial charge in [0.2, 0.25) is 5.91 Å². The van der Waals surface area contributed by atoms with Crippen molar-refractivity contribution in [2.75, 3.05) is 6.54 Å². The standard InChI is InChI=1S/C18H21N3O2S2/c1-4-9-19-15(22)11(3)24-18-20-16-14(17(23)21(18)10-5-2)12-7-6-8-13(12)25-16/h4-5,11H,1-2,6-10H2,3H3,(H,19,22)/t11-/m1/s1. The third-order valence-electron chi connectivity index (χ3n) is 4.17. The van der Waals surface area contributed by atoms with Gasteiger partial charge in [0, 0.05) is 18.0 Å². The highest BCUT2D eigenvalue weighted by molar-refractivity contribution is 8.00. The number of allylic oxidation sites excluding steroid dienone is 1. The molecular weight excluding hydrogens is 354 g/mol. The SMILES string of the molecule is C=CCNC(=O)[C@@H](C)Sc1nc2sc3c(c2c(=O)n1CC=C)CCC3. The zero-order valence-electron chi connectivity index (χ0n) is 14.2. The predicted molar refractivity (Wildman–Crippen MR) is 105 cm³/mol. The second kappa shape index (κ2) is 7.58. The Labute approximate surface area is 154 Å². The molecule has 1 atom stereocenters. The molecule has 0 aliphatic heterocycles. The monoisotopic (exact) mass is 375 g/mol. The Morgan fingerprint density at radius 1 is 1.44 bits per heavy atom. The van der Waals surface area contributed by atoms with E-state index in [0.717, 1.165) is 29.5 Å². The number of hydrogen-bond donors (Lipinski definition) is 1. The number of amides is 1. The molecule has 5 nitrogen and oxygen atoms in total. The highest BCUT2D eigenvalue weighted by Gasteiger charge is 2.24. The Morgan fingerprint density at radius 3 is 2.96 bits per heavy atom. The van der Waals surface area contributed by atoms with Gasteiger partial charge in [0.05, 0.1) is 10.6 Å². The Hall–Kier alpha value is -1.86. The molecule has 2 heterocycles. The van der Waals surface area contributed by atoms with Gasteiger partial charge in [-0.1, -0.05) is 23.9 Å². The van der Waals surface area contributed by atoms with Crippen LogP contribution < -0.4 is 10.9 Å². The van der Waals surface area contributed by atoms with Crippen molar-refractivity contribution in [2.24, 2.45) is 0 Å². The first kappa shape index (κ1) is 17.9. The van der Waals surface area contributed by atoms with E-state index in [4.69, 9.17) is 4.98 Å². The second-order valence-electron chi connectivity index (χ2n) is 5.93. The third kappa shape index (κ3) is 3.43. The summed E-state index contributed by atoms with van der Waals surface area (Å²) in [6, 6.07) is 0. The van der Waals surface area contributed by atoms with Crippen molar-refractivity contribution < 1.29 is 4.79 Å². The lowest BCUT2D eigenvalue weighted by Crippen LogP contribution is -2.32. The van der Waals surface area contributed by atoms with Gasteiger partial charge in [-0.25, -0.2) is 4.98 Å². The Kier molecular flexibility index (Phi) is 5.44. The van der Waals surface area contributed by atoms with E-state index in [0.29, 0.717) is 18.2 Å². The number of thiophene rings is 1. The molecule has 25 heavy (non-hydrogen) atoms. The van der Waals surface area contributed by atoms with E-state index in [2.05, 4.69) is 18.5 Å². The van der Waals surface area contributed by atoms with Crippen LogP contribution in [0.2, 0.25) is 0 Å². The van der Waals surface area contributed by atoms with Crippen LogP contribution in [0.1, 0.15) is 23.8 Å². The maximum atomic E-state index is 13.0. The van der Waals surface area contributed by atoms with E-state index >= 15 is 0 Å². The van der Waals surface area contributed by atoms with E-state index < -0.39 is 0 Å². The zero-order chi connectivity index (χ0) is 18.0. The molecule has 0 unspecified atom stereocenters. The molecule has 0 aromatic carbocycles. The van der Waals surface area contributed by atoms with Crippen LogP contribution in [0.15, 0.2) is 35.3 Å². The van der Waals surface area contributed by atoms with Crippen molar-refractivity contribution >= 4 is 39.2 Å². The van der Waals surface area contributed by atoms with Gasteiger partial charge in [0.25, 0.3) is 5.56 Å². The van der Waals surface area contributed by atoms with E-state index in [1.165, 1.54) is 22.2 Å². The maximum Gasteiger partial charge on any atom is 0.263 e. The van der Waals surface area contributed by atoms with Gasteiger partial charge in [0.1, 0.15) is 4.83 Å². The molecule has 0 saturated carbocycles. The first-order valence-corrected chi connectivity index (χ1v) is 9.97. The van der Waals surface area contributed by atoms with Crippen molar-refractivity contribution in [3.05, 3.63) is 46.1 Å². The number of fused-ring (bicyclic) bond motifs is 3. The number of nitrogens with one attached hydrogen (secondary N) is 1. The Morgan fingerprint density at radius 2 is 2.24 bits per heavy atom. The minimum absolute atomic E-state index is 0.0227. The van der Waals surface area contributed by atoms with Crippen LogP contribution in [0, 0.1) is 0 Å².